The van der Waals surface area contributed by atoms with E-state index in [9.17, 15) is 9.18 Å². The van der Waals surface area contributed by atoms with Crippen LogP contribution >= 0.6 is 22.6 Å². The fourth-order valence-corrected chi connectivity index (χ4v) is 3.34. The van der Waals surface area contributed by atoms with Crippen molar-refractivity contribution in [1.82, 2.24) is 0 Å². The van der Waals surface area contributed by atoms with Crippen LogP contribution in [0.3, 0.4) is 0 Å². The molecule has 1 aromatic rings. The van der Waals surface area contributed by atoms with Gasteiger partial charge in [-0.3, -0.25) is 4.79 Å². The van der Waals surface area contributed by atoms with Crippen molar-refractivity contribution in [3.8, 4) is 0 Å². The van der Waals surface area contributed by atoms with E-state index in [0.717, 1.165) is 18.8 Å². The van der Waals surface area contributed by atoms with Crippen LogP contribution in [0.25, 0.3) is 0 Å². The summed E-state index contributed by atoms with van der Waals surface area (Å²) in [6.45, 7) is 1.87. The van der Waals surface area contributed by atoms with Gasteiger partial charge in [-0.25, -0.2) is 4.39 Å². The van der Waals surface area contributed by atoms with Gasteiger partial charge in [0.1, 0.15) is 5.82 Å². The van der Waals surface area contributed by atoms with E-state index in [1.54, 1.807) is 6.07 Å². The smallest absolute Gasteiger partial charge is 0.250 e. The van der Waals surface area contributed by atoms with Crippen molar-refractivity contribution in [1.29, 1.82) is 0 Å². The predicted molar refractivity (Wildman–Crippen MR) is 80.7 cm³/mol. The second-order valence-corrected chi connectivity index (χ2v) is 6.80. The zero-order valence-corrected chi connectivity index (χ0v) is 12.7. The lowest BCUT2D eigenvalue weighted by molar-refractivity contribution is 0.1000. The van der Waals surface area contributed by atoms with Crippen molar-refractivity contribution < 1.29 is 9.18 Å². The number of nitrogens with zero attached hydrogens (tertiary/aromatic N) is 1. The topological polar surface area (TPSA) is 46.3 Å². The largest absolute Gasteiger partial charge is 0.371 e. The summed E-state index contributed by atoms with van der Waals surface area (Å²) in [7, 11) is 0. The molecule has 3 rings (SSSR count). The summed E-state index contributed by atoms with van der Waals surface area (Å²) in [4.78, 5) is 13.7. The van der Waals surface area contributed by atoms with Crippen molar-refractivity contribution >= 4 is 34.2 Å². The number of piperidine rings is 1. The molecular weight excluding hydrogens is 358 g/mol. The number of carbonyl (C=O) groups is 1. The van der Waals surface area contributed by atoms with Crippen molar-refractivity contribution in [2.45, 2.75) is 25.7 Å². The lowest BCUT2D eigenvalue weighted by atomic mass is 9.93. The first-order chi connectivity index (χ1) is 9.01. The highest BCUT2D eigenvalue weighted by Gasteiger charge is 2.44. The molecule has 3 nitrogen and oxygen atoms in total. The first-order valence-electron chi connectivity index (χ1n) is 6.55. The lowest BCUT2D eigenvalue weighted by Gasteiger charge is -2.34. The maximum Gasteiger partial charge on any atom is 0.250 e. The summed E-state index contributed by atoms with van der Waals surface area (Å²) in [5, 5.41) is 0. The average molecular weight is 374 g/mol. The summed E-state index contributed by atoms with van der Waals surface area (Å²) < 4.78 is 14.1. The van der Waals surface area contributed by atoms with Crippen LogP contribution < -0.4 is 10.6 Å². The molecule has 0 bridgehead atoms. The number of amides is 1. The number of rotatable bonds is 2. The van der Waals surface area contributed by atoms with E-state index in [2.05, 4.69) is 4.90 Å². The fraction of sp³-hybridized carbons (Fsp3) is 0.500. The van der Waals surface area contributed by atoms with Gasteiger partial charge in [-0.2, -0.15) is 0 Å². The Morgan fingerprint density at radius 2 is 1.89 bits per heavy atom. The predicted octanol–water partition coefficient (Wildman–Crippen LogP) is 2.91. The minimum Gasteiger partial charge on any atom is -0.371 e. The van der Waals surface area contributed by atoms with Crippen LogP contribution in [0.5, 0.6) is 0 Å². The number of benzene rings is 1. The van der Waals surface area contributed by atoms with Gasteiger partial charge in [-0.15, -0.1) is 0 Å². The SMILES string of the molecule is NC(=O)c1cc(F)c(I)cc1N1CCC2(CC1)CC2. The van der Waals surface area contributed by atoms with E-state index < -0.39 is 5.91 Å². The van der Waals surface area contributed by atoms with Crippen molar-refractivity contribution in [3.05, 3.63) is 27.1 Å². The Labute approximate surface area is 125 Å². The summed E-state index contributed by atoms with van der Waals surface area (Å²) in [6.07, 6.45) is 5.01. The van der Waals surface area contributed by atoms with Gasteiger partial charge in [0, 0.05) is 13.1 Å². The van der Waals surface area contributed by atoms with E-state index in [4.69, 9.17) is 5.73 Å². The Morgan fingerprint density at radius 1 is 1.26 bits per heavy atom. The molecular formula is C14H16FIN2O. The van der Waals surface area contributed by atoms with Gasteiger partial charge in [0.05, 0.1) is 14.8 Å². The molecule has 19 heavy (non-hydrogen) atoms. The second-order valence-electron chi connectivity index (χ2n) is 5.63. The zero-order chi connectivity index (χ0) is 13.6. The molecule has 0 radical (unpaired) electrons. The van der Waals surface area contributed by atoms with Crippen molar-refractivity contribution in [3.63, 3.8) is 0 Å². The van der Waals surface area contributed by atoms with E-state index in [0.29, 0.717) is 14.5 Å². The lowest BCUT2D eigenvalue weighted by Crippen LogP contribution is -2.36. The number of carbonyl (C=O) groups excluding carboxylic acids is 1. The Balaban J connectivity index is 1.90. The Bertz CT molecular complexity index is 532. The van der Waals surface area contributed by atoms with Crippen LogP contribution in [0, 0.1) is 14.8 Å². The Morgan fingerprint density at radius 3 is 2.42 bits per heavy atom. The number of anilines is 1. The number of hydrogen-bond acceptors (Lipinski definition) is 2. The molecule has 102 valence electrons. The average Bonchev–Trinajstić information content (AvgIpc) is 3.13. The zero-order valence-electron chi connectivity index (χ0n) is 10.6. The highest BCUT2D eigenvalue weighted by Crippen LogP contribution is 2.54. The third-order valence-corrected chi connectivity index (χ3v) is 5.25. The second kappa shape index (κ2) is 4.61. The minimum atomic E-state index is -0.558. The van der Waals surface area contributed by atoms with E-state index in [-0.39, 0.29) is 5.82 Å². The van der Waals surface area contributed by atoms with Crippen LogP contribution in [0.1, 0.15) is 36.0 Å². The summed E-state index contributed by atoms with van der Waals surface area (Å²) in [6, 6.07) is 3.00. The monoisotopic (exact) mass is 374 g/mol. The molecule has 5 heteroatoms. The molecule has 1 heterocycles. The molecule has 1 aromatic carbocycles. The normalized spacial score (nSPS) is 20.6. The maximum absolute atomic E-state index is 13.6. The minimum absolute atomic E-state index is 0.296. The van der Waals surface area contributed by atoms with Crippen LogP contribution in [0.4, 0.5) is 10.1 Å². The van der Waals surface area contributed by atoms with Crippen LogP contribution in [-0.4, -0.2) is 19.0 Å². The van der Waals surface area contributed by atoms with Gasteiger partial charge in [0.15, 0.2) is 0 Å². The van der Waals surface area contributed by atoms with Gasteiger partial charge in [-0.05, 0) is 65.8 Å². The van der Waals surface area contributed by atoms with E-state index >= 15 is 0 Å². The number of hydrogen-bond donors (Lipinski definition) is 1. The molecule has 1 aliphatic carbocycles. The van der Waals surface area contributed by atoms with Gasteiger partial charge in [-0.1, -0.05) is 0 Å². The van der Waals surface area contributed by atoms with Crippen molar-refractivity contribution in [2.75, 3.05) is 18.0 Å². The van der Waals surface area contributed by atoms with Crippen molar-refractivity contribution in [2.24, 2.45) is 11.1 Å². The summed E-state index contributed by atoms with van der Waals surface area (Å²) in [5.74, 6) is -0.939. The number of primary amides is 1. The third-order valence-electron chi connectivity index (χ3n) is 4.43. The maximum atomic E-state index is 13.6. The molecule has 1 saturated carbocycles. The first kappa shape index (κ1) is 13.1. The molecule has 1 aliphatic heterocycles. The van der Waals surface area contributed by atoms with E-state index in [1.807, 2.05) is 22.6 Å². The van der Waals surface area contributed by atoms with Gasteiger partial charge in [0.2, 0.25) is 0 Å². The summed E-state index contributed by atoms with van der Waals surface area (Å²) in [5.41, 5.74) is 7.03. The fourth-order valence-electron chi connectivity index (χ4n) is 2.89. The van der Waals surface area contributed by atoms with Crippen LogP contribution in [0.15, 0.2) is 12.1 Å². The Hall–Kier alpha value is -0.850. The van der Waals surface area contributed by atoms with Crippen LogP contribution in [-0.2, 0) is 0 Å². The summed E-state index contributed by atoms with van der Waals surface area (Å²) >= 11 is 1.95. The standard InChI is InChI=1S/C14H16FIN2O/c15-10-7-9(13(17)19)12(8-11(10)16)18-5-3-14(1-2-14)4-6-18/h7-8H,1-6H2,(H2,17,19). The molecule has 2 fully saturated rings. The Kier molecular flexibility index (Phi) is 3.19. The molecule has 2 aliphatic rings. The molecule has 0 aromatic heterocycles. The molecule has 1 spiro atoms. The third kappa shape index (κ3) is 2.44. The molecule has 2 N–H and O–H groups in total. The highest BCUT2D eigenvalue weighted by atomic mass is 127. The number of halogens is 2. The van der Waals surface area contributed by atoms with Gasteiger partial charge in [0.25, 0.3) is 5.91 Å². The molecule has 1 amide bonds. The molecule has 0 atom stereocenters. The number of nitrogens with two attached hydrogens (primary N) is 1. The van der Waals surface area contributed by atoms with Gasteiger partial charge < -0.3 is 10.6 Å². The van der Waals surface area contributed by atoms with Crippen LogP contribution in [0.2, 0.25) is 0 Å². The van der Waals surface area contributed by atoms with Gasteiger partial charge >= 0.3 is 0 Å². The molecule has 0 unspecified atom stereocenters. The first-order valence-corrected chi connectivity index (χ1v) is 7.62. The molecule has 1 saturated heterocycles. The quantitative estimate of drug-likeness (QED) is 0.810. The van der Waals surface area contributed by atoms with E-state index in [1.165, 1.54) is 31.7 Å². The highest BCUT2D eigenvalue weighted by molar-refractivity contribution is 14.1.